The molecule has 2 aromatic heterocycles. The van der Waals surface area contributed by atoms with Gasteiger partial charge < -0.3 is 5.73 Å². The van der Waals surface area contributed by atoms with Gasteiger partial charge in [0.25, 0.3) is 0 Å². The van der Waals surface area contributed by atoms with Crippen molar-refractivity contribution >= 4 is 11.3 Å². The average Bonchev–Trinajstić information content (AvgIpc) is 2.81. The first-order valence-electron chi connectivity index (χ1n) is 5.62. The maximum atomic E-state index is 5.79. The van der Waals surface area contributed by atoms with E-state index in [1.54, 1.807) is 16.0 Å². The van der Waals surface area contributed by atoms with Gasteiger partial charge >= 0.3 is 0 Å². The van der Waals surface area contributed by atoms with E-state index in [1.165, 1.54) is 0 Å². The lowest BCUT2D eigenvalue weighted by Crippen LogP contribution is -2.15. The molecule has 5 heteroatoms. The van der Waals surface area contributed by atoms with Crippen LogP contribution in [0.3, 0.4) is 0 Å². The Kier molecular flexibility index (Phi) is 3.05. The molecule has 0 saturated carbocycles. The first-order valence-corrected chi connectivity index (χ1v) is 6.43. The Morgan fingerprint density at radius 2 is 2.12 bits per heavy atom. The summed E-state index contributed by atoms with van der Waals surface area (Å²) in [5, 5.41) is 5.33. The Bertz CT molecular complexity index is 519. The molecular weight excluding hydrogens is 232 g/mol. The highest BCUT2D eigenvalue weighted by molar-refractivity contribution is 7.15. The lowest BCUT2D eigenvalue weighted by molar-refractivity contribution is 0.567. The SMILES string of the molecule is Cn1ccc(-c2nc(C(C)(C)C)c(CN)s2)n1. The third-order valence-electron chi connectivity index (χ3n) is 2.53. The monoisotopic (exact) mass is 250 g/mol. The first kappa shape index (κ1) is 12.3. The van der Waals surface area contributed by atoms with Gasteiger partial charge in [-0.1, -0.05) is 20.8 Å². The van der Waals surface area contributed by atoms with Crippen LogP contribution in [0.4, 0.5) is 0 Å². The molecule has 2 aromatic rings. The van der Waals surface area contributed by atoms with Crippen LogP contribution in [-0.2, 0) is 19.0 Å². The van der Waals surface area contributed by atoms with E-state index in [1.807, 2.05) is 19.3 Å². The molecule has 0 saturated heterocycles. The van der Waals surface area contributed by atoms with Crippen LogP contribution in [0.25, 0.3) is 10.7 Å². The summed E-state index contributed by atoms with van der Waals surface area (Å²) in [6, 6.07) is 1.98. The molecule has 2 heterocycles. The highest BCUT2D eigenvalue weighted by Gasteiger charge is 2.23. The Hall–Kier alpha value is -1.20. The van der Waals surface area contributed by atoms with E-state index in [0.29, 0.717) is 6.54 Å². The molecule has 0 aromatic carbocycles. The standard InChI is InChI=1S/C12H18N4S/c1-12(2,3)10-9(7-13)17-11(14-10)8-5-6-16(4)15-8/h5-6H,7,13H2,1-4H3. The Labute approximate surface area is 105 Å². The van der Waals surface area contributed by atoms with E-state index in [0.717, 1.165) is 21.3 Å². The second-order valence-corrected chi connectivity index (χ2v) is 6.20. The van der Waals surface area contributed by atoms with Crippen molar-refractivity contribution < 1.29 is 0 Å². The summed E-state index contributed by atoms with van der Waals surface area (Å²) >= 11 is 1.64. The van der Waals surface area contributed by atoms with Crippen LogP contribution in [-0.4, -0.2) is 14.8 Å². The lowest BCUT2D eigenvalue weighted by Gasteiger charge is -2.16. The third-order valence-corrected chi connectivity index (χ3v) is 3.63. The van der Waals surface area contributed by atoms with E-state index >= 15 is 0 Å². The van der Waals surface area contributed by atoms with Gasteiger partial charge in [-0.05, 0) is 6.07 Å². The Morgan fingerprint density at radius 3 is 2.53 bits per heavy atom. The fourth-order valence-electron chi connectivity index (χ4n) is 1.71. The molecule has 0 amide bonds. The minimum Gasteiger partial charge on any atom is -0.326 e. The van der Waals surface area contributed by atoms with Crippen LogP contribution in [0, 0.1) is 0 Å². The van der Waals surface area contributed by atoms with Crippen molar-refractivity contribution in [3.63, 3.8) is 0 Å². The molecule has 2 rings (SSSR count). The van der Waals surface area contributed by atoms with Gasteiger partial charge in [0.15, 0.2) is 0 Å². The van der Waals surface area contributed by atoms with Crippen molar-refractivity contribution in [2.75, 3.05) is 0 Å². The van der Waals surface area contributed by atoms with Crippen LogP contribution in [0.1, 0.15) is 31.3 Å². The maximum absolute atomic E-state index is 5.79. The van der Waals surface area contributed by atoms with Crippen molar-refractivity contribution in [3.05, 3.63) is 22.8 Å². The predicted octanol–water partition coefficient (Wildman–Crippen LogP) is 2.30. The quantitative estimate of drug-likeness (QED) is 0.889. The normalized spacial score (nSPS) is 12.1. The van der Waals surface area contributed by atoms with E-state index in [9.17, 15) is 0 Å². The van der Waals surface area contributed by atoms with Gasteiger partial charge in [0.1, 0.15) is 10.7 Å². The summed E-state index contributed by atoms with van der Waals surface area (Å²) < 4.78 is 1.79. The van der Waals surface area contributed by atoms with Crippen molar-refractivity contribution in [1.29, 1.82) is 0 Å². The van der Waals surface area contributed by atoms with Crippen LogP contribution in [0.5, 0.6) is 0 Å². The highest BCUT2D eigenvalue weighted by atomic mass is 32.1. The zero-order valence-corrected chi connectivity index (χ0v) is 11.5. The van der Waals surface area contributed by atoms with E-state index < -0.39 is 0 Å². The number of thiazole rings is 1. The molecule has 0 spiro atoms. The molecule has 0 atom stereocenters. The molecule has 0 unspecified atom stereocenters. The van der Waals surface area contributed by atoms with E-state index in [2.05, 4.69) is 25.9 Å². The van der Waals surface area contributed by atoms with Gasteiger partial charge in [-0.15, -0.1) is 11.3 Å². The van der Waals surface area contributed by atoms with Crippen molar-refractivity contribution in [3.8, 4) is 10.7 Å². The maximum Gasteiger partial charge on any atom is 0.144 e. The van der Waals surface area contributed by atoms with Gasteiger partial charge in [-0.3, -0.25) is 4.68 Å². The number of hydrogen-bond donors (Lipinski definition) is 1. The van der Waals surface area contributed by atoms with Crippen LogP contribution >= 0.6 is 11.3 Å². The molecule has 2 N–H and O–H groups in total. The molecular formula is C12H18N4S. The summed E-state index contributed by atoms with van der Waals surface area (Å²) in [6.07, 6.45) is 1.93. The number of nitrogens with two attached hydrogens (primary N) is 1. The molecule has 0 fully saturated rings. The first-order chi connectivity index (χ1) is 7.91. The topological polar surface area (TPSA) is 56.7 Å². The van der Waals surface area contributed by atoms with E-state index in [4.69, 9.17) is 10.7 Å². The number of aromatic nitrogens is 3. The summed E-state index contributed by atoms with van der Waals surface area (Å²) in [4.78, 5) is 5.85. The Balaban J connectivity index is 2.48. The average molecular weight is 250 g/mol. The molecule has 4 nitrogen and oxygen atoms in total. The summed E-state index contributed by atoms with van der Waals surface area (Å²) in [6.45, 7) is 7.01. The zero-order valence-electron chi connectivity index (χ0n) is 10.7. The molecule has 0 bridgehead atoms. The minimum absolute atomic E-state index is 0.0260. The van der Waals surface area contributed by atoms with Crippen molar-refractivity contribution in [2.45, 2.75) is 32.7 Å². The van der Waals surface area contributed by atoms with E-state index in [-0.39, 0.29) is 5.41 Å². The molecule has 17 heavy (non-hydrogen) atoms. The van der Waals surface area contributed by atoms with Gasteiger partial charge in [0.2, 0.25) is 0 Å². The molecule has 0 aliphatic rings. The van der Waals surface area contributed by atoms with Gasteiger partial charge in [-0.25, -0.2) is 4.98 Å². The fourth-order valence-corrected chi connectivity index (χ4v) is 2.83. The van der Waals surface area contributed by atoms with Crippen LogP contribution in [0.2, 0.25) is 0 Å². The second-order valence-electron chi connectivity index (χ2n) is 5.12. The molecule has 0 aliphatic heterocycles. The van der Waals surface area contributed by atoms with Gasteiger partial charge in [0, 0.05) is 30.1 Å². The lowest BCUT2D eigenvalue weighted by atomic mass is 9.91. The minimum atomic E-state index is 0.0260. The molecule has 0 aliphatic carbocycles. The van der Waals surface area contributed by atoms with Gasteiger partial charge in [-0.2, -0.15) is 5.10 Å². The fraction of sp³-hybridized carbons (Fsp3) is 0.500. The molecule has 92 valence electrons. The smallest absolute Gasteiger partial charge is 0.144 e. The third kappa shape index (κ3) is 2.40. The van der Waals surface area contributed by atoms with Crippen LogP contribution in [0.15, 0.2) is 12.3 Å². The number of aryl methyl sites for hydroxylation is 1. The summed E-state index contributed by atoms with van der Waals surface area (Å²) in [7, 11) is 1.91. The molecule has 0 radical (unpaired) electrons. The van der Waals surface area contributed by atoms with Crippen LogP contribution < -0.4 is 5.73 Å². The summed E-state index contributed by atoms with van der Waals surface area (Å²) in [5.74, 6) is 0. The number of nitrogens with zero attached hydrogens (tertiary/aromatic N) is 3. The highest BCUT2D eigenvalue weighted by Crippen LogP contribution is 2.33. The summed E-state index contributed by atoms with van der Waals surface area (Å²) in [5.41, 5.74) is 7.82. The van der Waals surface area contributed by atoms with Crippen molar-refractivity contribution in [1.82, 2.24) is 14.8 Å². The number of hydrogen-bond acceptors (Lipinski definition) is 4. The van der Waals surface area contributed by atoms with Gasteiger partial charge in [0.05, 0.1) is 5.69 Å². The Morgan fingerprint density at radius 1 is 1.41 bits per heavy atom. The number of rotatable bonds is 2. The van der Waals surface area contributed by atoms with Crippen molar-refractivity contribution in [2.24, 2.45) is 12.8 Å². The second kappa shape index (κ2) is 4.23. The largest absolute Gasteiger partial charge is 0.326 e. The predicted molar refractivity (Wildman–Crippen MR) is 70.9 cm³/mol. The zero-order chi connectivity index (χ0) is 12.6.